The summed E-state index contributed by atoms with van der Waals surface area (Å²) in [6, 6.07) is 8.53. The third-order valence-corrected chi connectivity index (χ3v) is 6.92. The Morgan fingerprint density at radius 1 is 1.16 bits per heavy atom. The van der Waals surface area contributed by atoms with Crippen LogP contribution in [0.4, 0.5) is 0 Å². The Hall–Kier alpha value is -1.55. The van der Waals surface area contributed by atoms with Crippen LogP contribution in [-0.4, -0.2) is 18.6 Å². The number of benzene rings is 1. The number of amides is 1. The first-order valence-corrected chi connectivity index (χ1v) is 9.76. The molecule has 4 saturated carbocycles. The highest BCUT2D eigenvalue weighted by molar-refractivity contribution is 5.75. The number of primary amides is 1. The lowest BCUT2D eigenvalue weighted by Gasteiger charge is -2.59. The monoisotopic (exact) mass is 342 g/mol. The van der Waals surface area contributed by atoms with Gasteiger partial charge in [0.2, 0.25) is 0 Å². The predicted molar refractivity (Wildman–Crippen MR) is 98.0 cm³/mol. The molecule has 1 aromatic carbocycles. The Morgan fingerprint density at radius 3 is 2.24 bits per heavy atom. The van der Waals surface area contributed by atoms with Gasteiger partial charge in [0.25, 0.3) is 5.91 Å². The van der Waals surface area contributed by atoms with E-state index in [1.807, 2.05) is 12.1 Å². The average Bonchev–Trinajstić information content (AvgIpc) is 2.57. The molecule has 136 valence electrons. The molecule has 0 unspecified atom stereocenters. The Balaban J connectivity index is 1.33. The molecule has 0 aliphatic heterocycles. The molecule has 25 heavy (non-hydrogen) atoms. The molecular formula is C21H30N2O2. The van der Waals surface area contributed by atoms with Crippen LogP contribution >= 0.6 is 0 Å². The van der Waals surface area contributed by atoms with Gasteiger partial charge in [-0.25, -0.2) is 0 Å². The molecule has 4 bridgehead atoms. The van der Waals surface area contributed by atoms with Crippen LogP contribution in [0.25, 0.3) is 0 Å². The van der Waals surface area contributed by atoms with Gasteiger partial charge >= 0.3 is 0 Å². The Morgan fingerprint density at radius 2 is 1.72 bits per heavy atom. The fourth-order valence-electron chi connectivity index (χ4n) is 6.05. The lowest BCUT2D eigenvalue weighted by molar-refractivity contribution is -0.119. The van der Waals surface area contributed by atoms with Crippen LogP contribution in [0.1, 0.15) is 51.0 Å². The van der Waals surface area contributed by atoms with Gasteiger partial charge in [0.1, 0.15) is 5.75 Å². The standard InChI is InChI=1S/C21H30N2O2/c1-14(21-9-16-6-17(10-21)8-18(7-16)11-21)23-12-15-2-4-19(5-3-15)25-13-20(22)24/h2-5,14,16-18,23H,6-13H2,1H3,(H2,22,24)/t14-,16?,17?,18?,21?/m0/s1. The van der Waals surface area contributed by atoms with Gasteiger partial charge in [0.05, 0.1) is 0 Å². The zero-order valence-corrected chi connectivity index (χ0v) is 15.2. The van der Waals surface area contributed by atoms with Crippen LogP contribution in [-0.2, 0) is 11.3 Å². The maximum Gasteiger partial charge on any atom is 0.255 e. The highest BCUT2D eigenvalue weighted by atomic mass is 16.5. The van der Waals surface area contributed by atoms with Crippen molar-refractivity contribution in [2.45, 2.75) is 58.0 Å². The first-order valence-electron chi connectivity index (χ1n) is 9.76. The summed E-state index contributed by atoms with van der Waals surface area (Å²) in [6.45, 7) is 3.22. The molecule has 4 fully saturated rings. The molecule has 0 aromatic heterocycles. The molecule has 1 aromatic rings. The Bertz CT molecular complexity index is 590. The summed E-state index contributed by atoms with van der Waals surface area (Å²) in [5.41, 5.74) is 6.89. The summed E-state index contributed by atoms with van der Waals surface area (Å²) in [5, 5.41) is 3.81. The molecule has 4 nitrogen and oxygen atoms in total. The van der Waals surface area contributed by atoms with E-state index in [0.717, 1.165) is 24.3 Å². The number of nitrogens with two attached hydrogens (primary N) is 1. The zero-order chi connectivity index (χ0) is 17.4. The summed E-state index contributed by atoms with van der Waals surface area (Å²) in [4.78, 5) is 10.8. The third-order valence-electron chi connectivity index (χ3n) is 6.92. The molecule has 0 heterocycles. The topological polar surface area (TPSA) is 64.3 Å². The molecule has 3 N–H and O–H groups in total. The van der Waals surface area contributed by atoms with Crippen molar-refractivity contribution in [1.29, 1.82) is 0 Å². The minimum Gasteiger partial charge on any atom is -0.484 e. The van der Waals surface area contributed by atoms with Gasteiger partial charge in [-0.05, 0) is 86.3 Å². The van der Waals surface area contributed by atoms with E-state index in [-0.39, 0.29) is 6.61 Å². The van der Waals surface area contributed by atoms with E-state index in [4.69, 9.17) is 10.5 Å². The Labute approximate surface area is 150 Å². The molecule has 4 aliphatic rings. The molecule has 4 heteroatoms. The van der Waals surface area contributed by atoms with Gasteiger partial charge in [-0.3, -0.25) is 4.79 Å². The molecule has 1 atom stereocenters. The van der Waals surface area contributed by atoms with Gasteiger partial charge in [-0.15, -0.1) is 0 Å². The summed E-state index contributed by atoms with van der Waals surface area (Å²) in [5.74, 6) is 3.23. The smallest absolute Gasteiger partial charge is 0.255 e. The van der Waals surface area contributed by atoms with Crippen LogP contribution in [0.2, 0.25) is 0 Å². The number of ether oxygens (including phenoxy) is 1. The summed E-state index contributed by atoms with van der Waals surface area (Å²) < 4.78 is 5.32. The van der Waals surface area contributed by atoms with E-state index in [0.29, 0.717) is 17.2 Å². The minimum absolute atomic E-state index is 0.0688. The van der Waals surface area contributed by atoms with Crippen molar-refractivity contribution in [2.24, 2.45) is 28.9 Å². The van der Waals surface area contributed by atoms with Crippen molar-refractivity contribution in [2.75, 3.05) is 6.61 Å². The van der Waals surface area contributed by atoms with Crippen LogP contribution in [0.3, 0.4) is 0 Å². The van der Waals surface area contributed by atoms with Crippen molar-refractivity contribution < 1.29 is 9.53 Å². The summed E-state index contributed by atoms with van der Waals surface area (Å²) in [6.07, 6.45) is 8.81. The van der Waals surface area contributed by atoms with Gasteiger partial charge in [0.15, 0.2) is 6.61 Å². The largest absolute Gasteiger partial charge is 0.484 e. The maximum absolute atomic E-state index is 10.8. The lowest BCUT2D eigenvalue weighted by atomic mass is 9.48. The van der Waals surface area contributed by atoms with Crippen molar-refractivity contribution in [3.8, 4) is 5.75 Å². The quantitative estimate of drug-likeness (QED) is 0.799. The first-order chi connectivity index (χ1) is 12.0. The van der Waals surface area contributed by atoms with E-state index in [9.17, 15) is 4.79 Å². The van der Waals surface area contributed by atoms with Crippen LogP contribution in [0.5, 0.6) is 5.75 Å². The van der Waals surface area contributed by atoms with Crippen molar-refractivity contribution in [1.82, 2.24) is 5.32 Å². The highest BCUT2D eigenvalue weighted by Gasteiger charge is 2.52. The zero-order valence-electron chi connectivity index (χ0n) is 15.2. The number of hydrogen-bond acceptors (Lipinski definition) is 3. The molecular weight excluding hydrogens is 312 g/mol. The van der Waals surface area contributed by atoms with Crippen LogP contribution in [0, 0.1) is 23.2 Å². The molecule has 4 aliphatic carbocycles. The maximum atomic E-state index is 10.8. The second kappa shape index (κ2) is 6.64. The second-order valence-electron chi connectivity index (χ2n) is 8.78. The van der Waals surface area contributed by atoms with E-state index in [1.54, 1.807) is 0 Å². The summed E-state index contributed by atoms with van der Waals surface area (Å²) in [7, 11) is 0. The third kappa shape index (κ3) is 3.55. The van der Waals surface area contributed by atoms with E-state index in [1.165, 1.54) is 44.1 Å². The minimum atomic E-state index is -0.449. The molecule has 0 spiro atoms. The molecule has 5 rings (SSSR count). The van der Waals surface area contributed by atoms with Gasteiger partial charge in [-0.2, -0.15) is 0 Å². The van der Waals surface area contributed by atoms with Crippen LogP contribution in [0.15, 0.2) is 24.3 Å². The SMILES string of the molecule is C[C@H](NCc1ccc(OCC(N)=O)cc1)C12CC3CC(CC(C3)C1)C2. The Kier molecular flexibility index (Phi) is 4.48. The van der Waals surface area contributed by atoms with Crippen molar-refractivity contribution in [3.63, 3.8) is 0 Å². The molecule has 0 radical (unpaired) electrons. The average molecular weight is 342 g/mol. The van der Waals surface area contributed by atoms with Gasteiger partial charge < -0.3 is 15.8 Å². The number of rotatable bonds is 7. The molecule has 0 saturated heterocycles. The number of carbonyl (C=O) groups excluding carboxylic acids is 1. The summed E-state index contributed by atoms with van der Waals surface area (Å²) >= 11 is 0. The number of carbonyl (C=O) groups is 1. The van der Waals surface area contributed by atoms with E-state index >= 15 is 0 Å². The first kappa shape index (κ1) is 16.9. The van der Waals surface area contributed by atoms with Gasteiger partial charge in [0, 0.05) is 12.6 Å². The number of hydrogen-bond donors (Lipinski definition) is 2. The van der Waals surface area contributed by atoms with E-state index in [2.05, 4.69) is 24.4 Å². The number of nitrogens with one attached hydrogen (secondary N) is 1. The fraction of sp³-hybridized carbons (Fsp3) is 0.667. The van der Waals surface area contributed by atoms with Crippen molar-refractivity contribution in [3.05, 3.63) is 29.8 Å². The normalized spacial score (nSPS) is 34.0. The van der Waals surface area contributed by atoms with E-state index < -0.39 is 5.91 Å². The fourth-order valence-corrected chi connectivity index (χ4v) is 6.05. The predicted octanol–water partition coefficient (Wildman–Crippen LogP) is 3.25. The molecule has 1 amide bonds. The van der Waals surface area contributed by atoms with Crippen LogP contribution < -0.4 is 15.8 Å². The highest BCUT2D eigenvalue weighted by Crippen LogP contribution is 2.61. The van der Waals surface area contributed by atoms with Gasteiger partial charge in [-0.1, -0.05) is 12.1 Å². The lowest BCUT2D eigenvalue weighted by Crippen LogP contribution is -2.54. The second-order valence-corrected chi connectivity index (χ2v) is 8.78. The van der Waals surface area contributed by atoms with Crippen molar-refractivity contribution >= 4 is 5.91 Å².